The highest BCUT2D eigenvalue weighted by Gasteiger charge is 2.12. The number of nitrogens with one attached hydrogen (secondary N) is 1. The van der Waals surface area contributed by atoms with Crippen molar-refractivity contribution in [3.63, 3.8) is 0 Å². The Morgan fingerprint density at radius 3 is 2.80 bits per heavy atom. The van der Waals surface area contributed by atoms with E-state index >= 15 is 0 Å². The van der Waals surface area contributed by atoms with Gasteiger partial charge in [-0.3, -0.25) is 9.69 Å². The van der Waals surface area contributed by atoms with Crippen LogP contribution in [0.2, 0.25) is 10.0 Å². The molecule has 7 heteroatoms. The smallest absolute Gasteiger partial charge is 0.239 e. The summed E-state index contributed by atoms with van der Waals surface area (Å²) in [5, 5.41) is 12.3. The molecule has 0 saturated carbocycles. The van der Waals surface area contributed by atoms with Gasteiger partial charge in [-0.1, -0.05) is 36.5 Å². The molecule has 0 saturated heterocycles. The van der Waals surface area contributed by atoms with E-state index in [1.807, 2.05) is 4.90 Å². The summed E-state index contributed by atoms with van der Waals surface area (Å²) in [6.07, 6.45) is 3.44. The number of rotatable bonds is 8. The number of amides is 1. The number of aromatic nitrogens is 1. The van der Waals surface area contributed by atoms with Crippen LogP contribution in [0.3, 0.4) is 0 Å². The molecule has 1 aromatic heterocycles. The van der Waals surface area contributed by atoms with Crippen LogP contribution < -0.4 is 5.32 Å². The fourth-order valence-corrected chi connectivity index (χ4v) is 2.10. The van der Waals surface area contributed by atoms with Crippen molar-refractivity contribution in [3.8, 4) is 0 Å². The first-order valence-corrected chi connectivity index (χ1v) is 7.26. The summed E-state index contributed by atoms with van der Waals surface area (Å²) in [5.74, 6) is 0.0757. The maximum atomic E-state index is 11.9. The van der Waals surface area contributed by atoms with Gasteiger partial charge in [-0.05, 0) is 19.0 Å². The van der Waals surface area contributed by atoms with Crippen molar-refractivity contribution in [1.82, 2.24) is 9.88 Å². The van der Waals surface area contributed by atoms with E-state index in [4.69, 9.17) is 28.3 Å². The van der Waals surface area contributed by atoms with Gasteiger partial charge in [-0.25, -0.2) is 4.98 Å². The molecule has 0 atom stereocenters. The predicted octanol–water partition coefficient (Wildman–Crippen LogP) is 2.42. The lowest BCUT2D eigenvalue weighted by Crippen LogP contribution is -2.36. The van der Waals surface area contributed by atoms with Crippen LogP contribution >= 0.6 is 23.2 Å². The summed E-state index contributed by atoms with van der Waals surface area (Å²) >= 11 is 11.7. The minimum atomic E-state index is -0.216. The number of unbranched alkanes of at least 4 members (excludes halogenated alkanes) is 1. The van der Waals surface area contributed by atoms with Crippen LogP contribution in [0.25, 0.3) is 0 Å². The van der Waals surface area contributed by atoms with Gasteiger partial charge in [-0.2, -0.15) is 0 Å². The van der Waals surface area contributed by atoms with Crippen molar-refractivity contribution in [1.29, 1.82) is 0 Å². The third-order valence-electron chi connectivity index (χ3n) is 2.68. The number of hydrogen-bond donors (Lipinski definition) is 2. The Bertz CT molecular complexity index is 444. The molecule has 20 heavy (non-hydrogen) atoms. The van der Waals surface area contributed by atoms with Gasteiger partial charge in [0, 0.05) is 12.7 Å². The lowest BCUT2D eigenvalue weighted by molar-refractivity contribution is -0.117. The molecule has 1 aromatic rings. The number of pyridine rings is 1. The average molecular weight is 320 g/mol. The zero-order valence-corrected chi connectivity index (χ0v) is 12.9. The van der Waals surface area contributed by atoms with Crippen LogP contribution in [0.1, 0.15) is 19.8 Å². The summed E-state index contributed by atoms with van der Waals surface area (Å²) in [7, 11) is 0. The van der Waals surface area contributed by atoms with Crippen LogP contribution in [0.4, 0.5) is 5.82 Å². The van der Waals surface area contributed by atoms with Crippen LogP contribution in [0.5, 0.6) is 0 Å². The first-order chi connectivity index (χ1) is 9.56. The van der Waals surface area contributed by atoms with E-state index < -0.39 is 0 Å². The number of carbonyl (C=O) groups excluding carboxylic acids is 1. The number of nitrogens with zero attached hydrogens (tertiary/aromatic N) is 2. The number of hydrogen-bond acceptors (Lipinski definition) is 4. The topological polar surface area (TPSA) is 65.5 Å². The van der Waals surface area contributed by atoms with E-state index in [1.165, 1.54) is 12.3 Å². The number of aliphatic hydroxyl groups is 1. The van der Waals surface area contributed by atoms with Crippen molar-refractivity contribution in [2.45, 2.75) is 19.8 Å². The van der Waals surface area contributed by atoms with Gasteiger partial charge < -0.3 is 10.4 Å². The molecule has 0 unspecified atom stereocenters. The van der Waals surface area contributed by atoms with Crippen LogP contribution in [0.15, 0.2) is 12.3 Å². The molecular weight excluding hydrogens is 301 g/mol. The van der Waals surface area contributed by atoms with Gasteiger partial charge in [0.1, 0.15) is 0 Å². The van der Waals surface area contributed by atoms with E-state index in [-0.39, 0.29) is 19.1 Å². The van der Waals surface area contributed by atoms with Gasteiger partial charge in [0.2, 0.25) is 5.91 Å². The fourth-order valence-electron chi connectivity index (χ4n) is 1.67. The quantitative estimate of drug-likeness (QED) is 0.772. The molecule has 0 spiro atoms. The first kappa shape index (κ1) is 17.2. The largest absolute Gasteiger partial charge is 0.395 e. The minimum Gasteiger partial charge on any atom is -0.395 e. The molecule has 1 heterocycles. The van der Waals surface area contributed by atoms with Crippen LogP contribution in [-0.2, 0) is 4.79 Å². The van der Waals surface area contributed by atoms with Crippen molar-refractivity contribution in [3.05, 3.63) is 22.3 Å². The number of anilines is 1. The number of aliphatic hydroxyl groups excluding tert-OH is 1. The van der Waals surface area contributed by atoms with E-state index in [1.54, 1.807) is 0 Å². The monoisotopic (exact) mass is 319 g/mol. The molecule has 0 radical (unpaired) electrons. The molecule has 0 bridgehead atoms. The highest BCUT2D eigenvalue weighted by Crippen LogP contribution is 2.22. The Labute approximate surface area is 128 Å². The summed E-state index contributed by atoms with van der Waals surface area (Å²) in [6.45, 7) is 3.54. The second-order valence-electron chi connectivity index (χ2n) is 4.39. The van der Waals surface area contributed by atoms with Gasteiger partial charge in [0.15, 0.2) is 5.82 Å². The second kappa shape index (κ2) is 9.13. The highest BCUT2D eigenvalue weighted by molar-refractivity contribution is 6.36. The molecule has 0 aromatic carbocycles. The van der Waals surface area contributed by atoms with Crippen molar-refractivity contribution < 1.29 is 9.90 Å². The molecule has 1 rings (SSSR count). The number of carbonyl (C=O) groups is 1. The minimum absolute atomic E-state index is 0.0247. The average Bonchev–Trinajstić information content (AvgIpc) is 2.39. The van der Waals surface area contributed by atoms with Crippen LogP contribution in [0, 0.1) is 0 Å². The van der Waals surface area contributed by atoms with Crippen molar-refractivity contribution in [2.24, 2.45) is 0 Å². The molecule has 0 aliphatic heterocycles. The first-order valence-electron chi connectivity index (χ1n) is 6.51. The maximum Gasteiger partial charge on any atom is 0.239 e. The third-order valence-corrected chi connectivity index (χ3v) is 3.17. The summed E-state index contributed by atoms with van der Waals surface area (Å²) < 4.78 is 0. The SMILES string of the molecule is CCCCN(CCO)CC(=O)Nc1ncc(Cl)cc1Cl. The van der Waals surface area contributed by atoms with Gasteiger partial charge in [0.25, 0.3) is 0 Å². The third kappa shape index (κ3) is 6.05. The molecular formula is C13H19Cl2N3O2. The molecule has 112 valence electrons. The zero-order chi connectivity index (χ0) is 15.0. The molecule has 5 nitrogen and oxygen atoms in total. The van der Waals surface area contributed by atoms with E-state index in [0.29, 0.717) is 22.4 Å². The highest BCUT2D eigenvalue weighted by atomic mass is 35.5. The van der Waals surface area contributed by atoms with E-state index in [0.717, 1.165) is 19.4 Å². The second-order valence-corrected chi connectivity index (χ2v) is 5.23. The molecule has 0 aliphatic rings. The van der Waals surface area contributed by atoms with Gasteiger partial charge >= 0.3 is 0 Å². The van der Waals surface area contributed by atoms with E-state index in [2.05, 4.69) is 17.2 Å². The Morgan fingerprint density at radius 1 is 1.45 bits per heavy atom. The molecule has 2 N–H and O–H groups in total. The summed E-state index contributed by atoms with van der Waals surface area (Å²) in [5.41, 5.74) is 0. The predicted molar refractivity (Wildman–Crippen MR) is 81.3 cm³/mol. The Kier molecular flexibility index (Phi) is 7.84. The standard InChI is InChI=1S/C13H19Cl2N3O2/c1-2-3-4-18(5-6-19)9-12(20)17-13-11(15)7-10(14)8-16-13/h7-8,19H,2-6,9H2,1H3,(H,16,17,20). The Balaban J connectivity index is 2.55. The Morgan fingerprint density at radius 2 is 2.20 bits per heavy atom. The maximum absolute atomic E-state index is 11.9. The molecule has 0 aliphatic carbocycles. The normalized spacial score (nSPS) is 10.8. The van der Waals surface area contributed by atoms with Crippen molar-refractivity contribution >= 4 is 34.9 Å². The van der Waals surface area contributed by atoms with E-state index in [9.17, 15) is 4.79 Å². The summed E-state index contributed by atoms with van der Waals surface area (Å²) in [4.78, 5) is 17.8. The summed E-state index contributed by atoms with van der Waals surface area (Å²) in [6, 6.07) is 1.52. The molecule has 1 amide bonds. The van der Waals surface area contributed by atoms with Crippen LogP contribution in [-0.4, -0.2) is 47.1 Å². The lowest BCUT2D eigenvalue weighted by atomic mass is 10.3. The van der Waals surface area contributed by atoms with Crippen molar-refractivity contribution in [2.75, 3.05) is 31.6 Å². The zero-order valence-electron chi connectivity index (χ0n) is 11.4. The number of halogens is 2. The molecule has 0 fully saturated rings. The Hall–Kier alpha value is -0.880. The van der Waals surface area contributed by atoms with Gasteiger partial charge in [0.05, 0.1) is 23.2 Å². The lowest BCUT2D eigenvalue weighted by Gasteiger charge is -2.20. The fraction of sp³-hybridized carbons (Fsp3) is 0.538. The van der Waals surface area contributed by atoms with Gasteiger partial charge in [-0.15, -0.1) is 0 Å².